The summed E-state index contributed by atoms with van der Waals surface area (Å²) >= 11 is 0. The predicted octanol–water partition coefficient (Wildman–Crippen LogP) is 9.12. The van der Waals surface area contributed by atoms with Crippen LogP contribution in [0.25, 0.3) is 65.0 Å². The van der Waals surface area contributed by atoms with Crippen LogP contribution in [0.1, 0.15) is 0 Å². The summed E-state index contributed by atoms with van der Waals surface area (Å²) in [6.45, 7) is 0. The van der Waals surface area contributed by atoms with Crippen molar-refractivity contribution in [2.75, 3.05) is 0 Å². The van der Waals surface area contributed by atoms with Crippen molar-refractivity contribution in [3.8, 4) is 11.1 Å². The molecule has 148 valence electrons. The third-order valence-electron chi connectivity index (χ3n) is 6.78. The van der Waals surface area contributed by atoms with Crippen LogP contribution in [0, 0.1) is 0 Å². The Kier molecular flexibility index (Phi) is 3.65. The molecule has 0 atom stereocenters. The minimum absolute atomic E-state index is 1.26. The molecule has 0 unspecified atom stereocenters. The maximum Gasteiger partial charge on any atom is -0.00990 e. The Morgan fingerprint density at radius 2 is 0.750 bits per heavy atom. The van der Waals surface area contributed by atoms with Crippen LogP contribution in [0.15, 0.2) is 121 Å². The summed E-state index contributed by atoms with van der Waals surface area (Å²) in [6.07, 6.45) is 0. The highest BCUT2D eigenvalue weighted by Crippen LogP contribution is 2.34. The van der Waals surface area contributed by atoms with E-state index < -0.39 is 0 Å². The first kappa shape index (κ1) is 17.5. The summed E-state index contributed by atoms with van der Waals surface area (Å²) in [5.74, 6) is 0. The van der Waals surface area contributed by atoms with Gasteiger partial charge in [0.05, 0.1) is 0 Å². The van der Waals surface area contributed by atoms with Gasteiger partial charge in [0.15, 0.2) is 0 Å². The molecular weight excluding hydrogens is 384 g/mol. The van der Waals surface area contributed by atoms with Crippen molar-refractivity contribution in [3.63, 3.8) is 0 Å². The quantitative estimate of drug-likeness (QED) is 0.189. The number of rotatable bonds is 1. The summed E-state index contributed by atoms with van der Waals surface area (Å²) < 4.78 is 0. The van der Waals surface area contributed by atoms with E-state index in [1.54, 1.807) is 0 Å². The zero-order chi connectivity index (χ0) is 21.1. The van der Waals surface area contributed by atoms with Gasteiger partial charge in [0.2, 0.25) is 0 Å². The van der Waals surface area contributed by atoms with Gasteiger partial charge in [0.1, 0.15) is 0 Å². The molecule has 7 aromatic rings. The molecule has 0 N–H and O–H groups in total. The van der Waals surface area contributed by atoms with Crippen molar-refractivity contribution in [3.05, 3.63) is 121 Å². The van der Waals surface area contributed by atoms with E-state index in [-0.39, 0.29) is 0 Å². The van der Waals surface area contributed by atoms with Crippen molar-refractivity contribution in [2.45, 2.75) is 0 Å². The van der Waals surface area contributed by atoms with E-state index in [1.807, 2.05) is 0 Å². The van der Waals surface area contributed by atoms with Crippen LogP contribution in [0.3, 0.4) is 0 Å². The lowest BCUT2D eigenvalue weighted by atomic mass is 9.94. The number of benzene rings is 7. The highest BCUT2D eigenvalue weighted by molar-refractivity contribution is 6.13. The Balaban J connectivity index is 1.41. The van der Waals surface area contributed by atoms with E-state index in [0.29, 0.717) is 0 Å². The average molecular weight is 405 g/mol. The van der Waals surface area contributed by atoms with Gasteiger partial charge in [0, 0.05) is 0 Å². The monoisotopic (exact) mass is 404 g/mol. The van der Waals surface area contributed by atoms with Crippen LogP contribution in [0.2, 0.25) is 0 Å². The van der Waals surface area contributed by atoms with Gasteiger partial charge in [-0.1, -0.05) is 97.1 Å². The van der Waals surface area contributed by atoms with Gasteiger partial charge < -0.3 is 0 Å². The summed E-state index contributed by atoms with van der Waals surface area (Å²) in [5.41, 5.74) is 2.51. The first-order valence-corrected chi connectivity index (χ1v) is 11.1. The molecule has 0 amide bonds. The second-order valence-electron chi connectivity index (χ2n) is 8.64. The zero-order valence-corrected chi connectivity index (χ0v) is 17.5. The standard InChI is InChI=1S/C32H20/c1-3-7-29-21(5-1)9-13-26-17-24(15-16-31(26)29)23-11-12-25-20-32-27(19-28(25)18-23)14-10-22-6-2-4-8-30(22)32/h1-20H. The van der Waals surface area contributed by atoms with Crippen LogP contribution in [0.5, 0.6) is 0 Å². The Labute approximate surface area is 186 Å². The molecule has 0 saturated heterocycles. The van der Waals surface area contributed by atoms with Gasteiger partial charge in [-0.2, -0.15) is 0 Å². The zero-order valence-electron chi connectivity index (χ0n) is 17.5. The first-order chi connectivity index (χ1) is 15.8. The van der Waals surface area contributed by atoms with Gasteiger partial charge in [-0.15, -0.1) is 0 Å². The summed E-state index contributed by atoms with van der Waals surface area (Å²) in [5, 5.41) is 13.0. The minimum atomic E-state index is 1.26. The van der Waals surface area contributed by atoms with E-state index in [2.05, 4.69) is 121 Å². The maximum absolute atomic E-state index is 2.34. The van der Waals surface area contributed by atoms with Gasteiger partial charge in [-0.3, -0.25) is 0 Å². The molecule has 0 bridgehead atoms. The van der Waals surface area contributed by atoms with Gasteiger partial charge in [-0.25, -0.2) is 0 Å². The second-order valence-corrected chi connectivity index (χ2v) is 8.64. The second kappa shape index (κ2) is 6.67. The Hall–Kier alpha value is -4.16. The molecule has 0 aliphatic heterocycles. The Morgan fingerprint density at radius 3 is 1.50 bits per heavy atom. The summed E-state index contributed by atoms with van der Waals surface area (Å²) in [7, 11) is 0. The van der Waals surface area contributed by atoms with E-state index in [0.717, 1.165) is 0 Å². The van der Waals surface area contributed by atoms with Crippen LogP contribution in [-0.2, 0) is 0 Å². The Morgan fingerprint density at radius 1 is 0.250 bits per heavy atom. The fraction of sp³-hybridized carbons (Fsp3) is 0. The highest BCUT2D eigenvalue weighted by Gasteiger charge is 2.07. The molecule has 0 radical (unpaired) electrons. The average Bonchev–Trinajstić information content (AvgIpc) is 2.86. The lowest BCUT2D eigenvalue weighted by molar-refractivity contribution is 1.69. The van der Waals surface area contributed by atoms with Crippen molar-refractivity contribution in [1.82, 2.24) is 0 Å². The molecule has 0 aliphatic rings. The number of hydrogen-bond acceptors (Lipinski definition) is 0. The summed E-state index contributed by atoms with van der Waals surface area (Å²) in [4.78, 5) is 0. The first-order valence-electron chi connectivity index (χ1n) is 11.1. The molecule has 0 spiro atoms. The van der Waals surface area contributed by atoms with E-state index >= 15 is 0 Å². The van der Waals surface area contributed by atoms with Crippen molar-refractivity contribution < 1.29 is 0 Å². The molecule has 0 heteroatoms. The Bertz CT molecular complexity index is 1820. The van der Waals surface area contributed by atoms with Crippen LogP contribution >= 0.6 is 0 Å². The van der Waals surface area contributed by atoms with Gasteiger partial charge in [-0.05, 0) is 89.3 Å². The number of hydrogen-bond donors (Lipinski definition) is 0. The molecule has 0 aliphatic carbocycles. The molecule has 7 aromatic carbocycles. The third-order valence-corrected chi connectivity index (χ3v) is 6.78. The molecule has 7 rings (SSSR count). The normalized spacial score (nSPS) is 11.8. The lowest BCUT2D eigenvalue weighted by Gasteiger charge is -2.10. The molecule has 0 fully saturated rings. The molecular formula is C32H20. The number of fused-ring (bicyclic) bond motifs is 7. The molecule has 0 heterocycles. The molecule has 0 aromatic heterocycles. The predicted molar refractivity (Wildman–Crippen MR) is 139 cm³/mol. The van der Waals surface area contributed by atoms with Gasteiger partial charge in [0.25, 0.3) is 0 Å². The third kappa shape index (κ3) is 2.63. The topological polar surface area (TPSA) is 0 Å². The molecule has 0 saturated carbocycles. The lowest BCUT2D eigenvalue weighted by Crippen LogP contribution is -1.83. The largest absolute Gasteiger partial charge is 0.0616 e. The summed E-state index contributed by atoms with van der Waals surface area (Å²) in [6, 6.07) is 44.5. The van der Waals surface area contributed by atoms with Crippen LogP contribution in [-0.4, -0.2) is 0 Å². The fourth-order valence-electron chi connectivity index (χ4n) is 5.13. The van der Waals surface area contributed by atoms with Crippen molar-refractivity contribution in [1.29, 1.82) is 0 Å². The molecule has 32 heavy (non-hydrogen) atoms. The van der Waals surface area contributed by atoms with Crippen molar-refractivity contribution in [2.24, 2.45) is 0 Å². The SMILES string of the molecule is c1ccc2c(c1)ccc1cc(-c3ccc4cc5c(ccc6ccccc65)cc4c3)ccc12. The van der Waals surface area contributed by atoms with Crippen molar-refractivity contribution >= 4 is 53.9 Å². The van der Waals surface area contributed by atoms with Crippen LogP contribution in [0.4, 0.5) is 0 Å². The maximum atomic E-state index is 2.34. The van der Waals surface area contributed by atoms with E-state index in [1.165, 1.54) is 65.0 Å². The minimum Gasteiger partial charge on any atom is -0.0616 e. The highest BCUT2D eigenvalue weighted by atomic mass is 14.1. The fourth-order valence-corrected chi connectivity index (χ4v) is 5.13. The van der Waals surface area contributed by atoms with E-state index in [9.17, 15) is 0 Å². The van der Waals surface area contributed by atoms with Gasteiger partial charge >= 0.3 is 0 Å². The molecule has 0 nitrogen and oxygen atoms in total. The van der Waals surface area contributed by atoms with Crippen LogP contribution < -0.4 is 0 Å². The smallest absolute Gasteiger partial charge is 0.00990 e. The van der Waals surface area contributed by atoms with E-state index in [4.69, 9.17) is 0 Å².